The molecule has 3 heterocycles. The number of carbonyl (C=O) groups excluding carboxylic acids is 2. The lowest BCUT2D eigenvalue weighted by Gasteiger charge is -2.18. The fourth-order valence-corrected chi connectivity index (χ4v) is 2.34. The summed E-state index contributed by atoms with van der Waals surface area (Å²) in [5.74, 6) is -2.27. The van der Waals surface area contributed by atoms with Crippen LogP contribution in [0.5, 0.6) is 0 Å². The number of carboxylic acid groups (broad SMARTS) is 1. The van der Waals surface area contributed by atoms with Crippen LogP contribution in [0.1, 0.15) is 34.8 Å². The van der Waals surface area contributed by atoms with Gasteiger partial charge < -0.3 is 9.51 Å². The molecule has 0 saturated carbocycles. The predicted octanol–water partition coefficient (Wildman–Crippen LogP) is 0.553. The van der Waals surface area contributed by atoms with Crippen molar-refractivity contribution in [2.75, 3.05) is 0 Å². The maximum atomic E-state index is 11.8. The molecular weight excluding hydrogens is 262 g/mol. The molecule has 2 aromatic heterocycles. The van der Waals surface area contributed by atoms with Gasteiger partial charge in [-0.05, 0) is 18.6 Å². The predicted molar refractivity (Wildman–Crippen MR) is 67.3 cm³/mol. The molecule has 0 aromatic carbocycles. The molecule has 1 aliphatic rings. The van der Waals surface area contributed by atoms with E-state index in [0.717, 1.165) is 0 Å². The highest BCUT2D eigenvalue weighted by atomic mass is 16.4. The molecule has 0 bridgehead atoms. The fraction of sp³-hybridized carbons (Fsp3) is 0.231. The molecule has 3 rings (SSSR count). The smallest absolute Gasteiger partial charge is 0.339 e. The van der Waals surface area contributed by atoms with Crippen LogP contribution in [0.4, 0.5) is 0 Å². The number of imide groups is 1. The molecule has 1 aliphatic heterocycles. The Morgan fingerprint density at radius 1 is 1.45 bits per heavy atom. The van der Waals surface area contributed by atoms with E-state index in [1.165, 1.54) is 6.07 Å². The first-order valence-corrected chi connectivity index (χ1v) is 6.11. The molecule has 0 spiro atoms. The SMILES string of the molecule is O=C1CCC(c2cn3cccc(C(=O)O)c3n2)C(=O)N1. The molecule has 20 heavy (non-hydrogen) atoms. The number of hydrogen-bond donors (Lipinski definition) is 2. The van der Waals surface area contributed by atoms with Crippen LogP contribution in [-0.4, -0.2) is 32.3 Å². The van der Waals surface area contributed by atoms with Gasteiger partial charge in [0.2, 0.25) is 11.8 Å². The second kappa shape index (κ2) is 4.44. The Bertz CT molecular complexity index is 734. The van der Waals surface area contributed by atoms with Gasteiger partial charge in [-0.1, -0.05) is 0 Å². The maximum absolute atomic E-state index is 11.8. The standard InChI is InChI=1S/C13H11N3O4/c17-10-4-3-7(12(18)15-10)9-6-16-5-1-2-8(13(19)20)11(16)14-9/h1-2,5-7H,3-4H2,(H,19,20)(H,15,17,18). The first-order chi connectivity index (χ1) is 9.56. The van der Waals surface area contributed by atoms with E-state index in [1.807, 2.05) is 0 Å². The number of imidazole rings is 1. The van der Waals surface area contributed by atoms with Crippen molar-refractivity contribution in [2.45, 2.75) is 18.8 Å². The molecule has 0 aliphatic carbocycles. The first kappa shape index (κ1) is 12.3. The number of rotatable bonds is 2. The van der Waals surface area contributed by atoms with Gasteiger partial charge in [0.25, 0.3) is 0 Å². The topological polar surface area (TPSA) is 101 Å². The summed E-state index contributed by atoms with van der Waals surface area (Å²) in [6, 6.07) is 3.06. The van der Waals surface area contributed by atoms with E-state index in [0.29, 0.717) is 17.8 Å². The minimum Gasteiger partial charge on any atom is -0.478 e. The summed E-state index contributed by atoms with van der Waals surface area (Å²) in [5.41, 5.74) is 0.842. The molecule has 102 valence electrons. The number of amides is 2. The Hall–Kier alpha value is -2.70. The van der Waals surface area contributed by atoms with Crippen molar-refractivity contribution >= 4 is 23.4 Å². The average molecular weight is 273 g/mol. The van der Waals surface area contributed by atoms with Crippen LogP contribution >= 0.6 is 0 Å². The second-order valence-electron chi connectivity index (χ2n) is 4.63. The number of fused-ring (bicyclic) bond motifs is 1. The van der Waals surface area contributed by atoms with E-state index in [9.17, 15) is 14.4 Å². The van der Waals surface area contributed by atoms with E-state index < -0.39 is 11.9 Å². The van der Waals surface area contributed by atoms with Gasteiger partial charge in [0.05, 0.1) is 11.6 Å². The van der Waals surface area contributed by atoms with Crippen molar-refractivity contribution in [2.24, 2.45) is 0 Å². The molecule has 1 saturated heterocycles. The van der Waals surface area contributed by atoms with Crippen LogP contribution in [0.25, 0.3) is 5.65 Å². The molecule has 2 aromatic rings. The van der Waals surface area contributed by atoms with Crippen molar-refractivity contribution in [1.82, 2.24) is 14.7 Å². The first-order valence-electron chi connectivity index (χ1n) is 6.11. The van der Waals surface area contributed by atoms with Crippen LogP contribution in [-0.2, 0) is 9.59 Å². The number of piperidine rings is 1. The van der Waals surface area contributed by atoms with Gasteiger partial charge in [0.1, 0.15) is 5.56 Å². The molecule has 7 nitrogen and oxygen atoms in total. The van der Waals surface area contributed by atoms with Gasteiger partial charge in [0, 0.05) is 18.8 Å². The second-order valence-corrected chi connectivity index (χ2v) is 4.63. The van der Waals surface area contributed by atoms with E-state index in [1.54, 1.807) is 22.9 Å². The third-order valence-corrected chi connectivity index (χ3v) is 3.33. The lowest BCUT2D eigenvalue weighted by Crippen LogP contribution is -2.39. The quantitative estimate of drug-likeness (QED) is 0.778. The Labute approximate surface area is 113 Å². The van der Waals surface area contributed by atoms with Crippen LogP contribution < -0.4 is 5.32 Å². The maximum Gasteiger partial charge on any atom is 0.339 e. The summed E-state index contributed by atoms with van der Waals surface area (Å²) in [4.78, 5) is 38.3. The van der Waals surface area contributed by atoms with Crippen LogP contribution in [0.3, 0.4) is 0 Å². The molecule has 1 fully saturated rings. The summed E-state index contributed by atoms with van der Waals surface area (Å²) in [7, 11) is 0. The van der Waals surface area contributed by atoms with Gasteiger partial charge in [-0.2, -0.15) is 0 Å². The van der Waals surface area contributed by atoms with Crippen LogP contribution in [0, 0.1) is 0 Å². The zero-order valence-corrected chi connectivity index (χ0v) is 10.4. The zero-order valence-electron chi connectivity index (χ0n) is 10.4. The van der Waals surface area contributed by atoms with Gasteiger partial charge in [-0.3, -0.25) is 14.9 Å². The van der Waals surface area contributed by atoms with Crippen LogP contribution in [0.2, 0.25) is 0 Å². The largest absolute Gasteiger partial charge is 0.478 e. The number of carbonyl (C=O) groups is 3. The summed E-state index contributed by atoms with van der Waals surface area (Å²) >= 11 is 0. The molecule has 2 N–H and O–H groups in total. The molecular formula is C13H11N3O4. The Morgan fingerprint density at radius 2 is 2.25 bits per heavy atom. The zero-order chi connectivity index (χ0) is 14.3. The number of hydrogen-bond acceptors (Lipinski definition) is 4. The van der Waals surface area contributed by atoms with Crippen LogP contribution in [0.15, 0.2) is 24.5 Å². The van der Waals surface area contributed by atoms with Gasteiger partial charge in [-0.25, -0.2) is 9.78 Å². The highest BCUT2D eigenvalue weighted by Gasteiger charge is 2.30. The Kier molecular flexibility index (Phi) is 2.74. The van der Waals surface area contributed by atoms with E-state index in [2.05, 4.69) is 10.3 Å². The average Bonchev–Trinajstić information content (AvgIpc) is 2.81. The van der Waals surface area contributed by atoms with Gasteiger partial charge >= 0.3 is 5.97 Å². The van der Waals surface area contributed by atoms with Crippen molar-refractivity contribution in [3.8, 4) is 0 Å². The number of nitrogens with one attached hydrogen (secondary N) is 1. The van der Waals surface area contributed by atoms with Crippen molar-refractivity contribution in [1.29, 1.82) is 0 Å². The number of aromatic nitrogens is 2. The van der Waals surface area contributed by atoms with E-state index in [-0.39, 0.29) is 23.8 Å². The highest BCUT2D eigenvalue weighted by Crippen LogP contribution is 2.25. The van der Waals surface area contributed by atoms with E-state index in [4.69, 9.17) is 5.11 Å². The monoisotopic (exact) mass is 273 g/mol. The fourth-order valence-electron chi connectivity index (χ4n) is 2.34. The minimum atomic E-state index is -1.07. The summed E-state index contributed by atoms with van der Waals surface area (Å²) < 4.78 is 1.57. The Morgan fingerprint density at radius 3 is 2.95 bits per heavy atom. The number of pyridine rings is 1. The highest BCUT2D eigenvalue weighted by molar-refractivity contribution is 6.01. The lowest BCUT2D eigenvalue weighted by molar-refractivity contribution is -0.134. The van der Waals surface area contributed by atoms with Crippen molar-refractivity contribution in [3.05, 3.63) is 35.8 Å². The molecule has 2 amide bonds. The summed E-state index contributed by atoms with van der Waals surface area (Å²) in [6.07, 6.45) is 3.94. The van der Waals surface area contributed by atoms with Gasteiger partial charge in [-0.15, -0.1) is 0 Å². The minimum absolute atomic E-state index is 0.0750. The lowest BCUT2D eigenvalue weighted by atomic mass is 9.95. The number of carboxylic acids is 1. The Balaban J connectivity index is 2.05. The van der Waals surface area contributed by atoms with Crippen molar-refractivity contribution in [3.63, 3.8) is 0 Å². The molecule has 1 unspecified atom stereocenters. The summed E-state index contributed by atoms with van der Waals surface area (Å²) in [6.45, 7) is 0. The molecule has 1 atom stereocenters. The molecule has 7 heteroatoms. The third-order valence-electron chi connectivity index (χ3n) is 3.33. The van der Waals surface area contributed by atoms with Crippen molar-refractivity contribution < 1.29 is 19.5 Å². The summed E-state index contributed by atoms with van der Waals surface area (Å²) in [5, 5.41) is 11.4. The third kappa shape index (κ3) is 1.93. The number of aromatic carboxylic acids is 1. The molecule has 0 radical (unpaired) electrons. The number of nitrogens with zero attached hydrogens (tertiary/aromatic N) is 2. The normalized spacial score (nSPS) is 19.1. The van der Waals surface area contributed by atoms with Gasteiger partial charge in [0.15, 0.2) is 5.65 Å². The van der Waals surface area contributed by atoms with E-state index >= 15 is 0 Å².